The minimum Gasteiger partial charge on any atom is -0.340 e. The Bertz CT molecular complexity index is 252. The number of hydrogen-bond acceptors (Lipinski definition) is 2. The van der Waals surface area contributed by atoms with Gasteiger partial charge in [0.05, 0.1) is 0 Å². The third-order valence-corrected chi connectivity index (χ3v) is 4.00. The predicted molar refractivity (Wildman–Crippen MR) is 60.6 cm³/mol. The summed E-state index contributed by atoms with van der Waals surface area (Å²) in [5.74, 6) is 0.991. The van der Waals surface area contributed by atoms with E-state index in [1.165, 1.54) is 19.4 Å². The Labute approximate surface area is 92.4 Å². The number of amides is 1. The van der Waals surface area contributed by atoms with Crippen molar-refractivity contribution in [2.75, 3.05) is 19.6 Å². The van der Waals surface area contributed by atoms with Crippen molar-refractivity contribution in [1.29, 1.82) is 0 Å². The number of fused-ring (bicyclic) bond motifs is 1. The Morgan fingerprint density at radius 1 is 1.27 bits per heavy atom. The standard InChI is InChI=1S/C12H22N2O/c1-9(2)13-6-5-12-11(8-13)4-7-14(12)10(3)15/h9,11-12H,4-8H2,1-3H3. The van der Waals surface area contributed by atoms with Crippen LogP contribution in [0.2, 0.25) is 0 Å². The Kier molecular flexibility index (Phi) is 3.01. The summed E-state index contributed by atoms with van der Waals surface area (Å²) in [4.78, 5) is 16.1. The third kappa shape index (κ3) is 2.03. The molecule has 2 heterocycles. The van der Waals surface area contributed by atoms with E-state index in [4.69, 9.17) is 0 Å². The molecule has 0 aliphatic carbocycles. The van der Waals surface area contributed by atoms with E-state index in [9.17, 15) is 4.79 Å². The minimum absolute atomic E-state index is 0.264. The molecule has 0 radical (unpaired) electrons. The second-order valence-electron chi connectivity index (χ2n) is 5.21. The molecule has 2 atom stereocenters. The zero-order chi connectivity index (χ0) is 11.0. The summed E-state index contributed by atoms with van der Waals surface area (Å²) in [6.07, 6.45) is 2.37. The molecule has 2 aliphatic heterocycles. The normalized spacial score (nSPS) is 32.1. The largest absolute Gasteiger partial charge is 0.340 e. The lowest BCUT2D eigenvalue weighted by molar-refractivity contribution is -0.130. The first-order valence-electron chi connectivity index (χ1n) is 6.11. The first-order chi connectivity index (χ1) is 7.09. The lowest BCUT2D eigenvalue weighted by atomic mass is 9.92. The molecule has 0 aromatic rings. The van der Waals surface area contributed by atoms with Crippen LogP contribution >= 0.6 is 0 Å². The van der Waals surface area contributed by atoms with Crippen LogP contribution in [0.5, 0.6) is 0 Å². The zero-order valence-corrected chi connectivity index (χ0v) is 10.1. The number of carbonyl (C=O) groups excluding carboxylic acids is 1. The Morgan fingerprint density at radius 2 is 2.00 bits per heavy atom. The summed E-state index contributed by atoms with van der Waals surface area (Å²) in [5.41, 5.74) is 0. The van der Waals surface area contributed by atoms with Gasteiger partial charge in [0, 0.05) is 38.6 Å². The molecule has 15 heavy (non-hydrogen) atoms. The highest BCUT2D eigenvalue weighted by Crippen LogP contribution is 2.31. The monoisotopic (exact) mass is 210 g/mol. The van der Waals surface area contributed by atoms with Crippen molar-refractivity contribution in [1.82, 2.24) is 9.80 Å². The summed E-state index contributed by atoms with van der Waals surface area (Å²) < 4.78 is 0. The van der Waals surface area contributed by atoms with Crippen LogP contribution in [-0.4, -0.2) is 47.4 Å². The van der Waals surface area contributed by atoms with Crippen LogP contribution in [0, 0.1) is 5.92 Å². The quantitative estimate of drug-likeness (QED) is 0.652. The van der Waals surface area contributed by atoms with E-state index in [2.05, 4.69) is 23.6 Å². The molecule has 3 nitrogen and oxygen atoms in total. The zero-order valence-electron chi connectivity index (χ0n) is 10.1. The van der Waals surface area contributed by atoms with Gasteiger partial charge in [-0.1, -0.05) is 0 Å². The molecule has 0 aromatic heterocycles. The molecule has 2 rings (SSSR count). The van der Waals surface area contributed by atoms with Crippen LogP contribution in [0.15, 0.2) is 0 Å². The van der Waals surface area contributed by atoms with Gasteiger partial charge in [-0.25, -0.2) is 0 Å². The van der Waals surface area contributed by atoms with Crippen LogP contribution < -0.4 is 0 Å². The van der Waals surface area contributed by atoms with Gasteiger partial charge in [0.25, 0.3) is 0 Å². The van der Waals surface area contributed by atoms with Crippen LogP contribution in [0.3, 0.4) is 0 Å². The van der Waals surface area contributed by atoms with Crippen LogP contribution in [0.25, 0.3) is 0 Å². The lowest BCUT2D eigenvalue weighted by Gasteiger charge is -2.39. The fourth-order valence-corrected chi connectivity index (χ4v) is 3.07. The van der Waals surface area contributed by atoms with Crippen LogP contribution in [-0.2, 0) is 4.79 Å². The van der Waals surface area contributed by atoms with Gasteiger partial charge in [-0.15, -0.1) is 0 Å². The number of likely N-dealkylation sites (tertiary alicyclic amines) is 2. The molecule has 2 saturated heterocycles. The molecule has 0 spiro atoms. The smallest absolute Gasteiger partial charge is 0.219 e. The molecule has 0 bridgehead atoms. The molecule has 0 aromatic carbocycles. The lowest BCUT2D eigenvalue weighted by Crippen LogP contribution is -2.49. The van der Waals surface area contributed by atoms with Gasteiger partial charge in [-0.05, 0) is 32.6 Å². The van der Waals surface area contributed by atoms with Crippen molar-refractivity contribution in [2.45, 2.75) is 45.7 Å². The van der Waals surface area contributed by atoms with Crippen molar-refractivity contribution in [3.05, 3.63) is 0 Å². The average Bonchev–Trinajstić information content (AvgIpc) is 2.59. The second kappa shape index (κ2) is 4.12. The van der Waals surface area contributed by atoms with Gasteiger partial charge in [-0.3, -0.25) is 4.79 Å². The highest BCUT2D eigenvalue weighted by Gasteiger charge is 2.39. The SMILES string of the molecule is CC(=O)N1CCC2CN(C(C)C)CCC21. The third-order valence-electron chi connectivity index (χ3n) is 4.00. The molecule has 1 amide bonds. The van der Waals surface area contributed by atoms with Crippen molar-refractivity contribution in [3.8, 4) is 0 Å². The molecule has 3 heteroatoms. The molecule has 2 fully saturated rings. The fourth-order valence-electron chi connectivity index (χ4n) is 3.07. The highest BCUT2D eigenvalue weighted by atomic mass is 16.2. The van der Waals surface area contributed by atoms with Gasteiger partial charge < -0.3 is 9.80 Å². The molecule has 86 valence electrons. The summed E-state index contributed by atoms with van der Waals surface area (Å²) in [6.45, 7) is 9.55. The van der Waals surface area contributed by atoms with Gasteiger partial charge in [0.2, 0.25) is 5.91 Å². The molecule has 0 N–H and O–H groups in total. The minimum atomic E-state index is 0.264. The average molecular weight is 210 g/mol. The second-order valence-corrected chi connectivity index (χ2v) is 5.21. The number of carbonyl (C=O) groups is 1. The summed E-state index contributed by atoms with van der Waals surface area (Å²) in [7, 11) is 0. The van der Waals surface area contributed by atoms with E-state index in [1.807, 2.05) is 0 Å². The Balaban J connectivity index is 1.99. The van der Waals surface area contributed by atoms with Crippen molar-refractivity contribution in [2.24, 2.45) is 5.92 Å². The first-order valence-corrected chi connectivity index (χ1v) is 6.11. The van der Waals surface area contributed by atoms with E-state index in [0.29, 0.717) is 12.1 Å². The number of rotatable bonds is 1. The summed E-state index contributed by atoms with van der Waals surface area (Å²) in [6, 6.07) is 1.19. The summed E-state index contributed by atoms with van der Waals surface area (Å²) >= 11 is 0. The Morgan fingerprint density at radius 3 is 2.60 bits per heavy atom. The fraction of sp³-hybridized carbons (Fsp3) is 0.917. The van der Waals surface area contributed by atoms with Crippen molar-refractivity contribution in [3.63, 3.8) is 0 Å². The first kappa shape index (κ1) is 10.9. The molecule has 0 saturated carbocycles. The molecular formula is C12H22N2O. The van der Waals surface area contributed by atoms with E-state index >= 15 is 0 Å². The molecular weight excluding hydrogens is 188 g/mol. The van der Waals surface area contributed by atoms with E-state index in [1.54, 1.807) is 6.92 Å². The topological polar surface area (TPSA) is 23.6 Å². The Hall–Kier alpha value is -0.570. The number of nitrogens with zero attached hydrogens (tertiary/aromatic N) is 2. The maximum absolute atomic E-state index is 11.4. The van der Waals surface area contributed by atoms with Crippen LogP contribution in [0.4, 0.5) is 0 Å². The van der Waals surface area contributed by atoms with Gasteiger partial charge in [0.1, 0.15) is 0 Å². The number of hydrogen-bond donors (Lipinski definition) is 0. The van der Waals surface area contributed by atoms with Gasteiger partial charge in [-0.2, -0.15) is 0 Å². The van der Waals surface area contributed by atoms with Crippen LogP contribution in [0.1, 0.15) is 33.6 Å². The van der Waals surface area contributed by atoms with Gasteiger partial charge in [0.15, 0.2) is 0 Å². The summed E-state index contributed by atoms with van der Waals surface area (Å²) in [5, 5.41) is 0. The van der Waals surface area contributed by atoms with E-state index in [-0.39, 0.29) is 5.91 Å². The highest BCUT2D eigenvalue weighted by molar-refractivity contribution is 5.74. The predicted octanol–water partition coefficient (Wildman–Crippen LogP) is 1.34. The maximum atomic E-state index is 11.4. The molecule has 2 unspecified atom stereocenters. The van der Waals surface area contributed by atoms with Gasteiger partial charge >= 0.3 is 0 Å². The van der Waals surface area contributed by atoms with E-state index in [0.717, 1.165) is 19.0 Å². The van der Waals surface area contributed by atoms with Crippen molar-refractivity contribution < 1.29 is 4.79 Å². The van der Waals surface area contributed by atoms with E-state index < -0.39 is 0 Å². The molecule has 2 aliphatic rings. The maximum Gasteiger partial charge on any atom is 0.219 e. The number of piperidine rings is 1. The van der Waals surface area contributed by atoms with Crippen molar-refractivity contribution >= 4 is 5.91 Å².